The van der Waals surface area contributed by atoms with Crippen molar-refractivity contribution in [2.45, 2.75) is 26.4 Å². The molecule has 4 rings (SSSR count). The summed E-state index contributed by atoms with van der Waals surface area (Å²) in [6.45, 7) is 1.57. The minimum absolute atomic E-state index is 0. The van der Waals surface area contributed by atoms with E-state index in [-0.39, 0.29) is 64.3 Å². The van der Waals surface area contributed by atoms with Gasteiger partial charge in [0.2, 0.25) is 0 Å². The van der Waals surface area contributed by atoms with Crippen molar-refractivity contribution >= 4 is 40.4 Å². The van der Waals surface area contributed by atoms with Gasteiger partial charge in [-0.25, -0.2) is 9.59 Å². The Labute approximate surface area is 235 Å². The first kappa shape index (κ1) is 30.0. The summed E-state index contributed by atoms with van der Waals surface area (Å²) in [5.41, 5.74) is 1.22. The number of hydrogen-bond acceptors (Lipinski definition) is 10. The van der Waals surface area contributed by atoms with Gasteiger partial charge in [0.15, 0.2) is 0 Å². The lowest BCUT2D eigenvalue weighted by atomic mass is 10.0. The third-order valence-corrected chi connectivity index (χ3v) is 6.30. The molecule has 0 spiro atoms. The fourth-order valence-corrected chi connectivity index (χ4v) is 4.15. The number of aromatic hydroxyl groups is 3. The van der Waals surface area contributed by atoms with Crippen LogP contribution >= 0.6 is 0 Å². The van der Waals surface area contributed by atoms with E-state index in [1.165, 1.54) is 36.4 Å². The summed E-state index contributed by atoms with van der Waals surface area (Å²) >= 11 is 0. The van der Waals surface area contributed by atoms with Gasteiger partial charge in [-0.3, -0.25) is 0 Å². The normalized spacial score (nSPS) is 15.7. The van der Waals surface area contributed by atoms with Gasteiger partial charge in [-0.05, 0) is 42.8 Å². The topological polar surface area (TPSA) is 204 Å². The van der Waals surface area contributed by atoms with Crippen molar-refractivity contribution in [3.8, 4) is 17.2 Å². The van der Waals surface area contributed by atoms with Crippen LogP contribution in [0.15, 0.2) is 66.5 Å². The Balaban J connectivity index is 0.00000462. The molecule has 0 fully saturated rings. The maximum absolute atomic E-state index is 12.0. The lowest BCUT2D eigenvalue weighted by molar-refractivity contribution is 0.0687. The maximum atomic E-state index is 12.0. The van der Waals surface area contributed by atoms with Crippen molar-refractivity contribution < 1.29 is 40.2 Å². The van der Waals surface area contributed by atoms with Crippen molar-refractivity contribution in [3.05, 3.63) is 83.1 Å². The molecule has 216 valence electrons. The molecule has 41 heavy (non-hydrogen) atoms. The summed E-state index contributed by atoms with van der Waals surface area (Å²) in [7, 11) is 1.69. The molecule has 0 heterocycles. The van der Waals surface area contributed by atoms with Crippen LogP contribution in [-0.2, 0) is 0 Å². The van der Waals surface area contributed by atoms with Crippen molar-refractivity contribution in [3.63, 3.8) is 0 Å². The van der Waals surface area contributed by atoms with E-state index in [1.807, 2.05) is 0 Å². The van der Waals surface area contributed by atoms with Gasteiger partial charge >= 0.3 is 11.9 Å². The monoisotopic (exact) mass is 564 g/mol. The highest BCUT2D eigenvalue weighted by Gasteiger charge is 2.23. The molecule has 0 bridgehead atoms. The molecule has 12 nitrogen and oxygen atoms in total. The molecule has 0 saturated heterocycles. The quantitative estimate of drug-likeness (QED) is 0.120. The predicted molar refractivity (Wildman–Crippen MR) is 157 cm³/mol. The summed E-state index contributed by atoms with van der Waals surface area (Å²) in [5.74, 6) is -3.19. The van der Waals surface area contributed by atoms with E-state index in [1.54, 1.807) is 38.3 Å². The van der Waals surface area contributed by atoms with Gasteiger partial charge < -0.3 is 51.9 Å². The van der Waals surface area contributed by atoms with Gasteiger partial charge in [-0.2, -0.15) is 0 Å². The second kappa shape index (κ2) is 12.1. The lowest BCUT2D eigenvalue weighted by Gasteiger charge is -2.24. The molecular formula is C29H32N4O8. The highest BCUT2D eigenvalue weighted by Crippen LogP contribution is 2.36. The minimum Gasteiger partial charge on any atom is -0.510 e. The van der Waals surface area contributed by atoms with Gasteiger partial charge in [0.25, 0.3) is 0 Å². The summed E-state index contributed by atoms with van der Waals surface area (Å²) in [6, 6.07) is 8.22. The van der Waals surface area contributed by atoms with E-state index in [2.05, 4.69) is 21.3 Å². The van der Waals surface area contributed by atoms with Crippen LogP contribution < -0.4 is 21.3 Å². The maximum Gasteiger partial charge on any atom is 0.337 e. The molecule has 0 saturated carbocycles. The van der Waals surface area contributed by atoms with Crippen LogP contribution in [0.3, 0.4) is 0 Å². The van der Waals surface area contributed by atoms with Crippen molar-refractivity contribution in [2.75, 3.05) is 28.3 Å². The largest absolute Gasteiger partial charge is 0.510 e. The first-order chi connectivity index (χ1) is 19.0. The molecular weight excluding hydrogens is 532 g/mol. The van der Waals surface area contributed by atoms with Crippen molar-refractivity contribution in [2.24, 2.45) is 0 Å². The summed E-state index contributed by atoms with van der Waals surface area (Å²) in [4.78, 5) is 23.6. The first-order valence-electron chi connectivity index (χ1n) is 12.0. The molecule has 10 N–H and O–H groups in total. The number of aromatic carboxylic acids is 2. The molecule has 0 radical (unpaired) electrons. The van der Waals surface area contributed by atoms with Gasteiger partial charge in [-0.15, -0.1) is 0 Å². The number of aliphatic hydroxyl groups is 1. The number of anilines is 5. The fourth-order valence-electron chi connectivity index (χ4n) is 4.15. The third kappa shape index (κ3) is 6.56. The van der Waals surface area contributed by atoms with Gasteiger partial charge in [-0.1, -0.05) is 19.6 Å². The Bertz CT molecular complexity index is 1550. The lowest BCUT2D eigenvalue weighted by Crippen LogP contribution is -2.28. The fraction of sp³-hybridized carbons (Fsp3) is 0.172. The number of hydrogen-bond donors (Lipinski definition) is 10. The molecule has 3 aromatic rings. The first-order valence-corrected chi connectivity index (χ1v) is 12.0. The summed E-state index contributed by atoms with van der Waals surface area (Å²) in [5, 5.41) is 72.3. The van der Waals surface area contributed by atoms with Crippen LogP contribution in [0.1, 0.15) is 33.7 Å². The number of phenols is 3. The molecule has 0 aromatic heterocycles. The predicted octanol–water partition coefficient (Wildman–Crippen LogP) is 5.20. The van der Waals surface area contributed by atoms with Crippen molar-refractivity contribution in [1.82, 2.24) is 0 Å². The zero-order valence-electron chi connectivity index (χ0n) is 21.4. The van der Waals surface area contributed by atoms with E-state index in [0.717, 1.165) is 0 Å². The molecule has 12 heteroatoms. The zero-order valence-corrected chi connectivity index (χ0v) is 21.4. The Hall–Kier alpha value is -5.52. The number of nitrogens with one attached hydrogen (secondary N) is 4. The molecule has 1 aliphatic carbocycles. The molecule has 2 unspecified atom stereocenters. The number of aryl methyl sites for hydroxylation is 1. The number of carbonyl (C=O) groups is 2. The van der Waals surface area contributed by atoms with Crippen LogP contribution in [0.5, 0.6) is 17.2 Å². The summed E-state index contributed by atoms with van der Waals surface area (Å²) in [6.07, 6.45) is 4.58. The zero-order chi connectivity index (χ0) is 29.1. The smallest absolute Gasteiger partial charge is 0.337 e. The van der Waals surface area contributed by atoms with E-state index in [4.69, 9.17) is 0 Å². The second-order valence-electron chi connectivity index (χ2n) is 9.09. The number of benzene rings is 3. The SMILES string of the molecule is C.CNc1ccc(Nc2cc(O)c(NC3C=CC(Nc4cc(O)c(C)cc4C(=O)O)C(O)=C3)cc2C(=O)O)c(O)c1. The highest BCUT2D eigenvalue weighted by atomic mass is 16.4. The third-order valence-electron chi connectivity index (χ3n) is 6.30. The molecule has 0 aliphatic heterocycles. The standard InChI is InChI=1S/C28H28N4O8.CH4/c1-13-7-16(27(37)38)20(11-23(13)33)31-19-6-4-15(9-25(19)35)30-22-10-17(28(39)40)21(12-26(22)36)32-18-5-3-14(29-2)8-24(18)34;/h3-12,15,19,29-36H,1-2H3,(H,37,38)(H,39,40);1H4. The van der Waals surface area contributed by atoms with Crippen LogP contribution in [0.25, 0.3) is 0 Å². The van der Waals surface area contributed by atoms with Gasteiger partial charge in [0, 0.05) is 30.9 Å². The molecule has 3 aromatic carbocycles. The number of rotatable bonds is 9. The van der Waals surface area contributed by atoms with Crippen LogP contribution in [0.4, 0.5) is 28.4 Å². The minimum atomic E-state index is -1.28. The molecule has 0 amide bonds. The van der Waals surface area contributed by atoms with Gasteiger partial charge in [0.05, 0.1) is 39.9 Å². The molecule has 1 aliphatic rings. The number of aliphatic hydroxyl groups excluding tert-OH is 1. The van der Waals surface area contributed by atoms with E-state index in [9.17, 15) is 40.2 Å². The Morgan fingerprint density at radius 2 is 1.37 bits per heavy atom. The average Bonchev–Trinajstić information content (AvgIpc) is 2.89. The Morgan fingerprint density at radius 1 is 0.732 bits per heavy atom. The average molecular weight is 565 g/mol. The van der Waals surface area contributed by atoms with Crippen LogP contribution in [-0.4, -0.2) is 61.7 Å². The van der Waals surface area contributed by atoms with Crippen molar-refractivity contribution in [1.29, 1.82) is 0 Å². The van der Waals surface area contributed by atoms with Crippen LogP contribution in [0, 0.1) is 6.92 Å². The summed E-state index contributed by atoms with van der Waals surface area (Å²) < 4.78 is 0. The molecule has 2 atom stereocenters. The number of carboxylic acids is 2. The number of phenolic OH excluding ortho intramolecular Hbond substituents is 3. The van der Waals surface area contributed by atoms with E-state index >= 15 is 0 Å². The highest BCUT2D eigenvalue weighted by molar-refractivity contribution is 5.98. The Kier molecular flexibility index (Phi) is 8.87. The van der Waals surface area contributed by atoms with Gasteiger partial charge in [0.1, 0.15) is 29.0 Å². The van der Waals surface area contributed by atoms with Crippen LogP contribution in [0.2, 0.25) is 0 Å². The Morgan fingerprint density at radius 3 is 1.98 bits per heavy atom. The number of carboxylic acid groups (broad SMARTS) is 2. The van der Waals surface area contributed by atoms with E-state index < -0.39 is 24.0 Å². The second-order valence-corrected chi connectivity index (χ2v) is 9.09. The van der Waals surface area contributed by atoms with E-state index in [0.29, 0.717) is 11.3 Å².